The molecule has 1 aromatic heterocycles. The van der Waals surface area contributed by atoms with Crippen molar-refractivity contribution in [1.82, 2.24) is 15.0 Å². The van der Waals surface area contributed by atoms with Crippen molar-refractivity contribution in [3.63, 3.8) is 0 Å². The Morgan fingerprint density at radius 1 is 1.25 bits per heavy atom. The Balaban J connectivity index is 1.48. The number of aryl methyl sites for hydroxylation is 1. The van der Waals surface area contributed by atoms with E-state index in [2.05, 4.69) is 15.4 Å². The first-order valence-electron chi connectivity index (χ1n) is 8.81. The number of carbonyl (C=O) groups excluding carboxylic acids is 2. The average Bonchev–Trinajstić information content (AvgIpc) is 3.25. The molecule has 3 heterocycles. The van der Waals surface area contributed by atoms with Gasteiger partial charge in [-0.15, -0.1) is 0 Å². The molecule has 1 atom stereocenters. The van der Waals surface area contributed by atoms with Crippen LogP contribution >= 0.6 is 0 Å². The lowest BCUT2D eigenvalue weighted by atomic mass is 9.94. The number of carbonyl (C=O) groups is 2. The second-order valence-corrected chi connectivity index (χ2v) is 6.83. The number of rotatable bonds is 4. The van der Waals surface area contributed by atoms with Crippen LogP contribution in [0.25, 0.3) is 0 Å². The summed E-state index contributed by atoms with van der Waals surface area (Å²) >= 11 is 0. The van der Waals surface area contributed by atoms with E-state index >= 15 is 0 Å². The zero-order chi connectivity index (χ0) is 17.1. The predicted octanol–water partition coefficient (Wildman–Crippen LogP) is 1.64. The van der Waals surface area contributed by atoms with E-state index in [1.807, 2.05) is 11.8 Å². The summed E-state index contributed by atoms with van der Waals surface area (Å²) in [6.07, 6.45) is 3.92. The van der Waals surface area contributed by atoms with Crippen LogP contribution in [0.4, 0.5) is 5.82 Å². The van der Waals surface area contributed by atoms with E-state index in [1.54, 1.807) is 13.0 Å². The number of hydrogen-bond donors (Lipinski definition) is 1. The minimum Gasteiger partial charge on any atom is -0.360 e. The van der Waals surface area contributed by atoms with Gasteiger partial charge in [0.1, 0.15) is 5.76 Å². The fourth-order valence-electron chi connectivity index (χ4n) is 3.55. The van der Waals surface area contributed by atoms with Gasteiger partial charge < -0.3 is 14.7 Å². The smallest absolute Gasteiger partial charge is 0.242 e. The molecule has 0 spiro atoms. The highest BCUT2D eigenvalue weighted by molar-refractivity contribution is 5.93. The SMILES string of the molecule is Cc1cc(NC(=O)C(C)N2CCC(C(=O)N3CCCC3)CC2)no1. The maximum atomic E-state index is 12.5. The highest BCUT2D eigenvalue weighted by Gasteiger charge is 2.32. The quantitative estimate of drug-likeness (QED) is 0.906. The first-order chi connectivity index (χ1) is 11.5. The van der Waals surface area contributed by atoms with Gasteiger partial charge >= 0.3 is 0 Å². The summed E-state index contributed by atoms with van der Waals surface area (Å²) in [7, 11) is 0. The number of nitrogens with zero attached hydrogens (tertiary/aromatic N) is 3. The number of amides is 2. The third-order valence-electron chi connectivity index (χ3n) is 5.10. The van der Waals surface area contributed by atoms with Crippen LogP contribution in [0.1, 0.15) is 38.4 Å². The number of hydrogen-bond acceptors (Lipinski definition) is 5. The summed E-state index contributed by atoms with van der Waals surface area (Å²) < 4.78 is 4.96. The van der Waals surface area contributed by atoms with Gasteiger partial charge in [0.15, 0.2) is 5.82 Å². The lowest BCUT2D eigenvalue weighted by Gasteiger charge is -2.35. The molecule has 1 aromatic rings. The summed E-state index contributed by atoms with van der Waals surface area (Å²) in [5, 5.41) is 6.56. The van der Waals surface area contributed by atoms with Gasteiger partial charge in [-0.3, -0.25) is 14.5 Å². The van der Waals surface area contributed by atoms with Crippen LogP contribution in [0, 0.1) is 12.8 Å². The lowest BCUT2D eigenvalue weighted by molar-refractivity contribution is -0.136. The van der Waals surface area contributed by atoms with Crippen LogP contribution < -0.4 is 5.32 Å². The van der Waals surface area contributed by atoms with E-state index < -0.39 is 0 Å². The largest absolute Gasteiger partial charge is 0.360 e. The molecule has 7 heteroatoms. The Kier molecular flexibility index (Phi) is 5.18. The molecule has 2 aliphatic heterocycles. The minimum atomic E-state index is -0.246. The Hall–Kier alpha value is -1.89. The standard InChI is InChI=1S/C17H26N4O3/c1-12-11-15(19-24-12)18-16(22)13(2)20-9-5-14(6-10-20)17(23)21-7-3-4-8-21/h11,13-14H,3-10H2,1-2H3,(H,18,19,22). The number of aromatic nitrogens is 1. The molecule has 0 radical (unpaired) electrons. The van der Waals surface area contributed by atoms with Crippen molar-refractivity contribution in [2.75, 3.05) is 31.5 Å². The molecule has 2 saturated heterocycles. The molecule has 2 fully saturated rings. The molecule has 0 aliphatic carbocycles. The van der Waals surface area contributed by atoms with Gasteiger partial charge in [0, 0.05) is 25.1 Å². The van der Waals surface area contributed by atoms with Crippen molar-refractivity contribution in [3.05, 3.63) is 11.8 Å². The second kappa shape index (κ2) is 7.34. The molecule has 7 nitrogen and oxygen atoms in total. The minimum absolute atomic E-state index is 0.0902. The summed E-state index contributed by atoms with van der Waals surface area (Å²) in [4.78, 5) is 28.9. The maximum absolute atomic E-state index is 12.5. The molecule has 1 unspecified atom stereocenters. The molecular weight excluding hydrogens is 308 g/mol. The van der Waals surface area contributed by atoms with E-state index in [4.69, 9.17) is 4.52 Å². The second-order valence-electron chi connectivity index (χ2n) is 6.83. The average molecular weight is 334 g/mol. The van der Waals surface area contributed by atoms with E-state index in [0.717, 1.165) is 51.9 Å². The summed E-state index contributed by atoms with van der Waals surface area (Å²) in [6, 6.07) is 1.45. The molecule has 24 heavy (non-hydrogen) atoms. The zero-order valence-corrected chi connectivity index (χ0v) is 14.5. The molecule has 0 aromatic carbocycles. The third kappa shape index (κ3) is 3.77. The Labute approximate surface area is 142 Å². The maximum Gasteiger partial charge on any atom is 0.242 e. The van der Waals surface area contributed by atoms with Gasteiger partial charge in [-0.2, -0.15) is 0 Å². The van der Waals surface area contributed by atoms with Crippen LogP contribution in [-0.4, -0.2) is 59.0 Å². The first kappa shape index (κ1) is 17.0. The number of anilines is 1. The third-order valence-corrected chi connectivity index (χ3v) is 5.10. The van der Waals surface area contributed by atoms with Gasteiger partial charge in [-0.25, -0.2) is 0 Å². The van der Waals surface area contributed by atoms with Crippen molar-refractivity contribution in [2.24, 2.45) is 5.92 Å². The van der Waals surface area contributed by atoms with Gasteiger partial charge in [-0.1, -0.05) is 5.16 Å². The van der Waals surface area contributed by atoms with Crippen LogP contribution in [0.5, 0.6) is 0 Å². The lowest BCUT2D eigenvalue weighted by Crippen LogP contribution is -2.48. The molecule has 0 saturated carbocycles. The normalized spacial score (nSPS) is 21.0. The highest BCUT2D eigenvalue weighted by Crippen LogP contribution is 2.23. The van der Waals surface area contributed by atoms with Crippen LogP contribution in [0.2, 0.25) is 0 Å². The van der Waals surface area contributed by atoms with E-state index in [0.29, 0.717) is 17.5 Å². The van der Waals surface area contributed by atoms with Crippen molar-refractivity contribution in [1.29, 1.82) is 0 Å². The zero-order valence-electron chi connectivity index (χ0n) is 14.5. The van der Waals surface area contributed by atoms with Crippen LogP contribution in [0.15, 0.2) is 10.6 Å². The number of likely N-dealkylation sites (tertiary alicyclic amines) is 2. The number of nitrogens with one attached hydrogen (secondary N) is 1. The van der Waals surface area contributed by atoms with Gasteiger partial charge in [0.25, 0.3) is 0 Å². The van der Waals surface area contributed by atoms with Crippen LogP contribution in [-0.2, 0) is 9.59 Å². The van der Waals surface area contributed by atoms with E-state index in [1.165, 1.54) is 0 Å². The predicted molar refractivity (Wildman–Crippen MR) is 89.4 cm³/mol. The van der Waals surface area contributed by atoms with Gasteiger partial charge in [0.2, 0.25) is 11.8 Å². The van der Waals surface area contributed by atoms with Crippen molar-refractivity contribution >= 4 is 17.6 Å². The molecule has 132 valence electrons. The van der Waals surface area contributed by atoms with Crippen LogP contribution in [0.3, 0.4) is 0 Å². The van der Waals surface area contributed by atoms with Gasteiger partial charge in [-0.05, 0) is 52.6 Å². The Morgan fingerprint density at radius 2 is 1.92 bits per heavy atom. The van der Waals surface area contributed by atoms with Crippen molar-refractivity contribution in [2.45, 2.75) is 45.6 Å². The molecule has 0 bridgehead atoms. The monoisotopic (exact) mass is 334 g/mol. The van der Waals surface area contributed by atoms with Crippen molar-refractivity contribution in [3.8, 4) is 0 Å². The Morgan fingerprint density at radius 3 is 2.50 bits per heavy atom. The van der Waals surface area contributed by atoms with Crippen molar-refractivity contribution < 1.29 is 14.1 Å². The topological polar surface area (TPSA) is 78.7 Å². The highest BCUT2D eigenvalue weighted by atomic mass is 16.5. The summed E-state index contributed by atoms with van der Waals surface area (Å²) in [6.45, 7) is 7.05. The molecular formula is C17H26N4O3. The number of piperidine rings is 1. The van der Waals surface area contributed by atoms with E-state index in [-0.39, 0.29) is 17.9 Å². The van der Waals surface area contributed by atoms with E-state index in [9.17, 15) is 9.59 Å². The summed E-state index contributed by atoms with van der Waals surface area (Å²) in [5.41, 5.74) is 0. The molecule has 1 N–H and O–H groups in total. The van der Waals surface area contributed by atoms with Gasteiger partial charge in [0.05, 0.1) is 6.04 Å². The molecule has 3 rings (SSSR count). The fourth-order valence-corrected chi connectivity index (χ4v) is 3.55. The fraction of sp³-hybridized carbons (Fsp3) is 0.706. The Bertz CT molecular complexity index is 586. The first-order valence-corrected chi connectivity index (χ1v) is 8.81. The molecule has 2 amide bonds. The summed E-state index contributed by atoms with van der Waals surface area (Å²) in [5.74, 6) is 1.45. The molecule has 2 aliphatic rings.